The maximum Gasteiger partial charge on any atom is 0.225 e. The van der Waals surface area contributed by atoms with Crippen LogP contribution in [0.5, 0.6) is 0 Å². The van der Waals surface area contributed by atoms with Gasteiger partial charge in [-0.05, 0) is 24.3 Å². The third-order valence-electron chi connectivity index (χ3n) is 2.20. The molecule has 4 nitrogen and oxygen atoms in total. The smallest absolute Gasteiger partial charge is 0.225 e. The van der Waals surface area contributed by atoms with E-state index in [-0.39, 0.29) is 5.91 Å². The summed E-state index contributed by atoms with van der Waals surface area (Å²) in [7, 11) is 1.66. The van der Waals surface area contributed by atoms with Gasteiger partial charge in [0.15, 0.2) is 0 Å². The van der Waals surface area contributed by atoms with Crippen molar-refractivity contribution in [3.63, 3.8) is 0 Å². The monoisotopic (exact) mass is 264 g/mol. The highest BCUT2D eigenvalue weighted by Gasteiger charge is 2.02. The zero-order valence-corrected chi connectivity index (χ0v) is 11.1. The predicted molar refractivity (Wildman–Crippen MR) is 73.6 cm³/mol. The highest BCUT2D eigenvalue weighted by Crippen LogP contribution is 2.10. The van der Waals surface area contributed by atoms with E-state index < -0.39 is 0 Å². The molecule has 0 atom stereocenters. The van der Waals surface area contributed by atoms with Crippen LogP contribution in [0.2, 0.25) is 0 Å². The minimum absolute atomic E-state index is 0.00961. The Morgan fingerprint density at radius 3 is 2.72 bits per heavy atom. The summed E-state index contributed by atoms with van der Waals surface area (Å²) < 4.78 is 4.92. The van der Waals surface area contributed by atoms with E-state index in [2.05, 4.69) is 5.32 Å². The van der Waals surface area contributed by atoms with E-state index in [1.807, 2.05) is 6.07 Å². The van der Waals surface area contributed by atoms with Crippen molar-refractivity contribution < 1.29 is 9.53 Å². The van der Waals surface area contributed by atoms with Crippen molar-refractivity contribution in [2.75, 3.05) is 30.5 Å². The summed E-state index contributed by atoms with van der Waals surface area (Å²) in [6.07, 6.45) is 0.481. The normalized spacial score (nSPS) is 9.78. The van der Waals surface area contributed by atoms with Crippen molar-refractivity contribution in [1.82, 2.24) is 0 Å². The lowest BCUT2D eigenvalue weighted by atomic mass is 10.2. The van der Waals surface area contributed by atoms with Gasteiger partial charge in [-0.2, -0.15) is 17.0 Å². The first-order valence-corrected chi connectivity index (χ1v) is 6.78. The van der Waals surface area contributed by atoms with Gasteiger partial charge >= 0.3 is 0 Å². The Morgan fingerprint density at radius 1 is 1.39 bits per heavy atom. The lowest BCUT2D eigenvalue weighted by Crippen LogP contribution is -2.12. The molecular weight excluding hydrogens is 248 g/mol. The van der Waals surface area contributed by atoms with Crippen molar-refractivity contribution in [1.29, 1.82) is 5.26 Å². The average molecular weight is 264 g/mol. The largest absolute Gasteiger partial charge is 0.384 e. The fourth-order valence-corrected chi connectivity index (χ4v) is 2.08. The number of carbonyl (C=O) groups is 1. The Bertz CT molecular complexity index is 412. The van der Waals surface area contributed by atoms with Crippen LogP contribution in [-0.2, 0) is 9.53 Å². The van der Waals surface area contributed by atoms with Crippen molar-refractivity contribution >= 4 is 23.4 Å². The van der Waals surface area contributed by atoms with E-state index in [0.29, 0.717) is 18.6 Å². The van der Waals surface area contributed by atoms with Gasteiger partial charge in [-0.1, -0.05) is 0 Å². The molecule has 5 heteroatoms. The lowest BCUT2D eigenvalue weighted by molar-refractivity contribution is -0.115. The number of nitrogens with one attached hydrogen (secondary N) is 1. The topological polar surface area (TPSA) is 62.1 Å². The van der Waals surface area contributed by atoms with Crippen molar-refractivity contribution in [2.45, 2.75) is 6.42 Å². The summed E-state index contributed by atoms with van der Waals surface area (Å²) in [5, 5.41) is 11.4. The number of thioether (sulfide) groups is 1. The summed E-state index contributed by atoms with van der Waals surface area (Å²) in [5.41, 5.74) is 1.31. The van der Waals surface area contributed by atoms with E-state index in [1.54, 1.807) is 43.1 Å². The Balaban J connectivity index is 2.25. The van der Waals surface area contributed by atoms with Crippen LogP contribution in [0.25, 0.3) is 0 Å². The molecule has 0 aliphatic rings. The molecule has 18 heavy (non-hydrogen) atoms. The number of rotatable bonds is 7. The van der Waals surface area contributed by atoms with Gasteiger partial charge in [-0.3, -0.25) is 4.79 Å². The summed E-state index contributed by atoms with van der Waals surface area (Å²) in [6, 6.07) is 8.86. The Morgan fingerprint density at radius 2 is 2.11 bits per heavy atom. The predicted octanol–water partition coefficient (Wildman–Crippen LogP) is 2.27. The van der Waals surface area contributed by atoms with Crippen LogP contribution in [-0.4, -0.2) is 31.1 Å². The van der Waals surface area contributed by atoms with Gasteiger partial charge in [0, 0.05) is 30.7 Å². The van der Waals surface area contributed by atoms with Gasteiger partial charge in [0.2, 0.25) is 5.91 Å². The number of ether oxygens (including phenoxy) is 1. The second-order valence-electron chi connectivity index (χ2n) is 3.59. The van der Waals surface area contributed by atoms with E-state index in [4.69, 9.17) is 10.00 Å². The second-order valence-corrected chi connectivity index (χ2v) is 4.82. The van der Waals surface area contributed by atoms with Gasteiger partial charge in [0.05, 0.1) is 18.2 Å². The van der Waals surface area contributed by atoms with E-state index in [0.717, 1.165) is 17.2 Å². The number of benzene rings is 1. The van der Waals surface area contributed by atoms with Crippen molar-refractivity contribution in [2.24, 2.45) is 0 Å². The fourth-order valence-electron chi connectivity index (χ4n) is 1.26. The third-order valence-corrected chi connectivity index (χ3v) is 3.15. The zero-order valence-electron chi connectivity index (χ0n) is 10.3. The summed E-state index contributed by atoms with van der Waals surface area (Å²) >= 11 is 1.69. The number of hydrogen-bond acceptors (Lipinski definition) is 4. The quantitative estimate of drug-likeness (QED) is 0.767. The number of amides is 1. The molecule has 0 aliphatic carbocycles. The number of hydrogen-bond donors (Lipinski definition) is 1. The first kappa shape index (κ1) is 14.6. The van der Waals surface area contributed by atoms with Crippen LogP contribution in [0.4, 0.5) is 5.69 Å². The van der Waals surface area contributed by atoms with Crippen molar-refractivity contribution in [3.05, 3.63) is 29.8 Å². The van der Waals surface area contributed by atoms with Crippen molar-refractivity contribution in [3.8, 4) is 6.07 Å². The molecule has 1 aromatic rings. The molecule has 0 saturated heterocycles. The van der Waals surface area contributed by atoms with Crippen LogP contribution in [0.15, 0.2) is 24.3 Å². The van der Waals surface area contributed by atoms with Gasteiger partial charge in [0.1, 0.15) is 0 Å². The molecule has 0 aliphatic heterocycles. The minimum Gasteiger partial charge on any atom is -0.384 e. The van der Waals surface area contributed by atoms with Gasteiger partial charge in [-0.15, -0.1) is 0 Å². The molecule has 1 N–H and O–H groups in total. The Hall–Kier alpha value is -1.51. The Kier molecular flexibility index (Phi) is 6.92. The zero-order chi connectivity index (χ0) is 13.2. The molecule has 96 valence electrons. The molecule has 1 rings (SSSR count). The average Bonchev–Trinajstić information content (AvgIpc) is 2.39. The Labute approximate surface area is 111 Å². The molecule has 1 amide bonds. The maximum absolute atomic E-state index is 11.6. The van der Waals surface area contributed by atoms with E-state index in [9.17, 15) is 4.79 Å². The van der Waals surface area contributed by atoms with Crippen LogP contribution in [0.1, 0.15) is 12.0 Å². The maximum atomic E-state index is 11.6. The number of carbonyl (C=O) groups excluding carboxylic acids is 1. The van der Waals surface area contributed by atoms with Crippen LogP contribution < -0.4 is 5.32 Å². The molecule has 0 heterocycles. The van der Waals surface area contributed by atoms with Gasteiger partial charge < -0.3 is 10.1 Å². The number of anilines is 1. The molecule has 0 radical (unpaired) electrons. The van der Waals surface area contributed by atoms with Gasteiger partial charge in [-0.25, -0.2) is 0 Å². The molecular formula is C13H16N2O2S. The van der Waals surface area contributed by atoms with E-state index in [1.165, 1.54) is 0 Å². The SMILES string of the molecule is COCCSCCC(=O)Nc1ccc(C#N)cc1. The summed E-state index contributed by atoms with van der Waals surface area (Å²) in [4.78, 5) is 11.6. The first-order valence-electron chi connectivity index (χ1n) is 5.63. The molecule has 0 fully saturated rings. The third kappa shape index (κ3) is 5.71. The first-order chi connectivity index (χ1) is 8.76. The number of methoxy groups -OCH3 is 1. The van der Waals surface area contributed by atoms with Crippen LogP contribution >= 0.6 is 11.8 Å². The lowest BCUT2D eigenvalue weighted by Gasteiger charge is -2.05. The van der Waals surface area contributed by atoms with Gasteiger partial charge in [0.25, 0.3) is 0 Å². The fraction of sp³-hybridized carbons (Fsp3) is 0.385. The standard InChI is InChI=1S/C13H16N2O2S/c1-17-7-9-18-8-6-13(16)15-12-4-2-11(10-14)3-5-12/h2-5H,6-9H2,1H3,(H,15,16). The molecule has 0 unspecified atom stereocenters. The molecule has 1 aromatic carbocycles. The number of nitriles is 1. The highest BCUT2D eigenvalue weighted by atomic mass is 32.2. The highest BCUT2D eigenvalue weighted by molar-refractivity contribution is 7.99. The summed E-state index contributed by atoms with van der Waals surface area (Å²) in [6.45, 7) is 0.710. The minimum atomic E-state index is -0.00961. The van der Waals surface area contributed by atoms with Crippen LogP contribution in [0, 0.1) is 11.3 Å². The second kappa shape index (κ2) is 8.56. The molecule has 0 bridgehead atoms. The van der Waals surface area contributed by atoms with E-state index >= 15 is 0 Å². The number of nitrogens with zero attached hydrogens (tertiary/aromatic N) is 1. The summed E-state index contributed by atoms with van der Waals surface area (Å²) in [5.74, 6) is 1.68. The molecule has 0 spiro atoms. The van der Waals surface area contributed by atoms with Crippen LogP contribution in [0.3, 0.4) is 0 Å². The molecule has 0 aromatic heterocycles. The molecule has 0 saturated carbocycles.